The average Bonchev–Trinajstić information content (AvgIpc) is 3.14. The van der Waals surface area contributed by atoms with Crippen molar-refractivity contribution in [3.05, 3.63) is 16.3 Å². The van der Waals surface area contributed by atoms with E-state index >= 15 is 0 Å². The summed E-state index contributed by atoms with van der Waals surface area (Å²) in [6, 6.07) is 0. The van der Waals surface area contributed by atoms with E-state index in [2.05, 4.69) is 18.9 Å². The van der Waals surface area contributed by atoms with Gasteiger partial charge in [-0.05, 0) is 25.7 Å². The largest absolute Gasteiger partial charge is 0.345 e. The van der Waals surface area contributed by atoms with Crippen LogP contribution in [-0.2, 0) is 23.2 Å². The van der Waals surface area contributed by atoms with Crippen LogP contribution in [0.5, 0.6) is 0 Å². The maximum Gasteiger partial charge on any atom is 0.345 e. The summed E-state index contributed by atoms with van der Waals surface area (Å²) in [6.07, 6.45) is 1.94. The van der Waals surface area contributed by atoms with Gasteiger partial charge in [0.1, 0.15) is 5.82 Å². The molecule has 27 heavy (non-hydrogen) atoms. The Morgan fingerprint density at radius 2 is 1.89 bits per heavy atom. The molecule has 1 atom stereocenters. The summed E-state index contributed by atoms with van der Waals surface area (Å²) < 4.78 is 3.12. The van der Waals surface area contributed by atoms with Crippen molar-refractivity contribution in [2.45, 2.75) is 52.5 Å². The number of hydrogen-bond donors (Lipinski definition) is 0. The Labute approximate surface area is 160 Å². The van der Waals surface area contributed by atoms with Crippen molar-refractivity contribution in [3.63, 3.8) is 0 Å². The van der Waals surface area contributed by atoms with Crippen molar-refractivity contribution in [3.8, 4) is 0 Å². The zero-order valence-electron chi connectivity index (χ0n) is 16.8. The number of amides is 2. The number of carbonyl (C=O) groups excluding carboxylic acids is 2. The Hall–Kier alpha value is -2.12. The molecule has 2 aliphatic heterocycles. The van der Waals surface area contributed by atoms with Crippen molar-refractivity contribution in [1.29, 1.82) is 0 Å². The van der Waals surface area contributed by atoms with E-state index in [9.17, 15) is 14.4 Å². The SMILES string of the molecule is CCn1c(C2CCN(C(=O)C3CC(=O)N(CC(C)C)C3)CC2)nn(C)c1=O. The lowest BCUT2D eigenvalue weighted by atomic mass is 9.94. The summed E-state index contributed by atoms with van der Waals surface area (Å²) >= 11 is 0. The second-order valence-corrected chi connectivity index (χ2v) is 8.20. The van der Waals surface area contributed by atoms with Gasteiger partial charge in [-0.3, -0.25) is 14.2 Å². The van der Waals surface area contributed by atoms with Crippen LogP contribution in [0.1, 0.15) is 51.8 Å². The molecular formula is C19H31N5O3. The van der Waals surface area contributed by atoms with Crippen LogP contribution in [0.3, 0.4) is 0 Å². The molecule has 1 aromatic rings. The number of likely N-dealkylation sites (tertiary alicyclic amines) is 2. The quantitative estimate of drug-likeness (QED) is 0.761. The molecule has 0 N–H and O–H groups in total. The van der Waals surface area contributed by atoms with Crippen LogP contribution in [0.15, 0.2) is 4.79 Å². The molecule has 8 heteroatoms. The summed E-state index contributed by atoms with van der Waals surface area (Å²) in [6.45, 7) is 9.31. The Bertz CT molecular complexity index is 758. The molecule has 2 amide bonds. The van der Waals surface area contributed by atoms with E-state index in [-0.39, 0.29) is 29.3 Å². The van der Waals surface area contributed by atoms with E-state index in [1.54, 1.807) is 11.6 Å². The highest BCUT2D eigenvalue weighted by molar-refractivity contribution is 5.89. The first kappa shape index (κ1) is 19.6. The molecule has 3 heterocycles. The minimum Gasteiger partial charge on any atom is -0.342 e. The zero-order chi connectivity index (χ0) is 19.7. The molecule has 0 aliphatic carbocycles. The van der Waals surface area contributed by atoms with E-state index < -0.39 is 0 Å². The molecule has 1 aromatic heterocycles. The summed E-state index contributed by atoms with van der Waals surface area (Å²) in [7, 11) is 1.68. The fourth-order valence-corrected chi connectivity index (χ4v) is 4.29. The number of aryl methyl sites for hydroxylation is 1. The van der Waals surface area contributed by atoms with Gasteiger partial charge in [0, 0.05) is 52.1 Å². The molecule has 3 rings (SSSR count). The lowest BCUT2D eigenvalue weighted by molar-refractivity contribution is -0.136. The smallest absolute Gasteiger partial charge is 0.342 e. The Morgan fingerprint density at radius 3 is 2.48 bits per heavy atom. The van der Waals surface area contributed by atoms with Crippen molar-refractivity contribution >= 4 is 11.8 Å². The number of nitrogens with zero attached hydrogens (tertiary/aromatic N) is 5. The Kier molecular flexibility index (Phi) is 5.72. The lowest BCUT2D eigenvalue weighted by Gasteiger charge is -2.33. The van der Waals surface area contributed by atoms with Crippen LogP contribution in [-0.4, -0.2) is 62.1 Å². The van der Waals surface area contributed by atoms with Gasteiger partial charge >= 0.3 is 5.69 Å². The fraction of sp³-hybridized carbons (Fsp3) is 0.789. The Morgan fingerprint density at radius 1 is 1.22 bits per heavy atom. The van der Waals surface area contributed by atoms with Crippen LogP contribution >= 0.6 is 0 Å². The van der Waals surface area contributed by atoms with Crippen LogP contribution in [0, 0.1) is 11.8 Å². The van der Waals surface area contributed by atoms with Crippen LogP contribution in [0.4, 0.5) is 0 Å². The van der Waals surface area contributed by atoms with Crippen molar-refractivity contribution < 1.29 is 9.59 Å². The van der Waals surface area contributed by atoms with Gasteiger partial charge in [0.2, 0.25) is 11.8 Å². The maximum atomic E-state index is 12.9. The molecular weight excluding hydrogens is 346 g/mol. The van der Waals surface area contributed by atoms with Gasteiger partial charge in [0.15, 0.2) is 0 Å². The molecule has 150 valence electrons. The third-order valence-corrected chi connectivity index (χ3v) is 5.67. The molecule has 0 saturated carbocycles. The number of aromatic nitrogens is 3. The van der Waals surface area contributed by atoms with Gasteiger partial charge in [-0.25, -0.2) is 9.48 Å². The molecule has 8 nitrogen and oxygen atoms in total. The van der Waals surface area contributed by atoms with Crippen molar-refractivity contribution in [2.75, 3.05) is 26.2 Å². The van der Waals surface area contributed by atoms with E-state index in [1.165, 1.54) is 4.68 Å². The number of carbonyl (C=O) groups is 2. The predicted molar refractivity (Wildman–Crippen MR) is 101 cm³/mol. The van der Waals surface area contributed by atoms with Gasteiger partial charge < -0.3 is 9.80 Å². The minimum absolute atomic E-state index is 0.0827. The summed E-state index contributed by atoms with van der Waals surface area (Å²) in [5, 5.41) is 4.41. The Balaban J connectivity index is 1.60. The molecule has 0 aromatic carbocycles. The lowest BCUT2D eigenvalue weighted by Crippen LogP contribution is -2.42. The number of piperidine rings is 1. The maximum absolute atomic E-state index is 12.9. The normalized spacial score (nSPS) is 21.5. The van der Waals surface area contributed by atoms with Crippen LogP contribution in [0.25, 0.3) is 0 Å². The van der Waals surface area contributed by atoms with Crippen LogP contribution < -0.4 is 5.69 Å². The first-order valence-corrected chi connectivity index (χ1v) is 10.0. The summed E-state index contributed by atoms with van der Waals surface area (Å²) in [5.74, 6) is 1.42. The highest BCUT2D eigenvalue weighted by atomic mass is 16.2. The second kappa shape index (κ2) is 7.86. The fourth-order valence-electron chi connectivity index (χ4n) is 4.29. The predicted octanol–water partition coefficient (Wildman–Crippen LogP) is 0.812. The minimum atomic E-state index is -0.212. The van der Waals surface area contributed by atoms with Crippen molar-refractivity contribution in [2.24, 2.45) is 18.9 Å². The van der Waals surface area contributed by atoms with E-state index in [1.807, 2.05) is 16.7 Å². The zero-order valence-corrected chi connectivity index (χ0v) is 16.8. The highest BCUT2D eigenvalue weighted by Gasteiger charge is 2.38. The highest BCUT2D eigenvalue weighted by Crippen LogP contribution is 2.28. The summed E-state index contributed by atoms with van der Waals surface area (Å²) in [5.41, 5.74) is -0.0827. The monoisotopic (exact) mass is 377 g/mol. The van der Waals surface area contributed by atoms with E-state index in [0.29, 0.717) is 38.5 Å². The van der Waals surface area contributed by atoms with E-state index in [4.69, 9.17) is 0 Å². The topological polar surface area (TPSA) is 80.4 Å². The van der Waals surface area contributed by atoms with Gasteiger partial charge in [0.05, 0.1) is 5.92 Å². The first-order valence-electron chi connectivity index (χ1n) is 10.0. The third kappa shape index (κ3) is 3.94. The van der Waals surface area contributed by atoms with E-state index in [0.717, 1.165) is 25.2 Å². The molecule has 1 unspecified atom stereocenters. The van der Waals surface area contributed by atoms with Crippen molar-refractivity contribution in [1.82, 2.24) is 24.1 Å². The molecule has 2 fully saturated rings. The summed E-state index contributed by atoms with van der Waals surface area (Å²) in [4.78, 5) is 40.9. The standard InChI is InChI=1S/C19H31N5O3/c1-5-24-17(20-21(4)19(24)27)14-6-8-22(9-7-14)18(26)15-10-16(25)23(12-15)11-13(2)3/h13-15H,5-12H2,1-4H3. The molecule has 2 saturated heterocycles. The first-order chi connectivity index (χ1) is 12.8. The molecule has 0 spiro atoms. The average molecular weight is 377 g/mol. The second-order valence-electron chi connectivity index (χ2n) is 8.20. The molecule has 0 radical (unpaired) electrons. The number of rotatable bonds is 5. The molecule has 2 aliphatic rings. The number of hydrogen-bond acceptors (Lipinski definition) is 4. The van der Waals surface area contributed by atoms with Gasteiger partial charge in [-0.2, -0.15) is 5.10 Å². The van der Waals surface area contributed by atoms with Gasteiger partial charge in [-0.15, -0.1) is 0 Å². The van der Waals surface area contributed by atoms with Gasteiger partial charge in [-0.1, -0.05) is 13.8 Å². The molecule has 0 bridgehead atoms. The third-order valence-electron chi connectivity index (χ3n) is 5.67. The van der Waals surface area contributed by atoms with Crippen LogP contribution in [0.2, 0.25) is 0 Å². The van der Waals surface area contributed by atoms with Gasteiger partial charge in [0.25, 0.3) is 0 Å².